The second kappa shape index (κ2) is 4.53. The van der Waals surface area contributed by atoms with Gasteiger partial charge >= 0.3 is 0 Å². The molecule has 1 aromatic heterocycles. The van der Waals surface area contributed by atoms with Crippen LogP contribution in [0.3, 0.4) is 0 Å². The van der Waals surface area contributed by atoms with Crippen LogP contribution in [0.2, 0.25) is 0 Å². The molecule has 1 saturated heterocycles. The lowest BCUT2D eigenvalue weighted by atomic mass is 10.3. The molecule has 0 aliphatic carbocycles. The molecule has 0 spiro atoms. The van der Waals surface area contributed by atoms with E-state index < -0.39 is 0 Å². The maximum absolute atomic E-state index is 5.92. The number of aryl methyl sites for hydroxylation is 1. The van der Waals surface area contributed by atoms with E-state index in [0.717, 1.165) is 31.0 Å². The van der Waals surface area contributed by atoms with Gasteiger partial charge in [0.15, 0.2) is 5.84 Å². The van der Waals surface area contributed by atoms with Crippen LogP contribution in [-0.2, 0) is 7.05 Å². The van der Waals surface area contributed by atoms with E-state index in [0.29, 0.717) is 0 Å². The van der Waals surface area contributed by atoms with E-state index in [9.17, 15) is 0 Å². The fraction of sp³-hybridized carbons (Fsp3) is 0.417. The summed E-state index contributed by atoms with van der Waals surface area (Å²) < 4.78 is 2.06. The van der Waals surface area contributed by atoms with Gasteiger partial charge in [0.05, 0.1) is 5.69 Å². The normalized spacial score (nSPS) is 21.5. The molecular formula is C12H18N4. The summed E-state index contributed by atoms with van der Waals surface area (Å²) >= 11 is 0. The smallest absolute Gasteiger partial charge is 0.152 e. The van der Waals surface area contributed by atoms with Gasteiger partial charge in [-0.2, -0.15) is 0 Å². The van der Waals surface area contributed by atoms with Crippen molar-refractivity contribution in [2.45, 2.75) is 12.5 Å². The number of hydrogen-bond donors (Lipinski definition) is 1. The summed E-state index contributed by atoms with van der Waals surface area (Å²) in [5, 5.41) is 0. The molecule has 1 fully saturated rings. The summed E-state index contributed by atoms with van der Waals surface area (Å²) in [6.07, 6.45) is 4.64. The van der Waals surface area contributed by atoms with Crippen molar-refractivity contribution in [3.05, 3.63) is 36.8 Å². The second-order valence-electron chi connectivity index (χ2n) is 4.13. The highest BCUT2D eigenvalue weighted by Crippen LogP contribution is 2.13. The summed E-state index contributed by atoms with van der Waals surface area (Å²) in [4.78, 5) is 6.60. The van der Waals surface area contributed by atoms with Crippen molar-refractivity contribution in [2.24, 2.45) is 17.8 Å². The minimum Gasteiger partial charge on any atom is -0.353 e. The fourth-order valence-electron chi connectivity index (χ4n) is 2.07. The average molecular weight is 218 g/mol. The first-order chi connectivity index (χ1) is 7.72. The molecule has 86 valence electrons. The Balaban J connectivity index is 2.28. The van der Waals surface area contributed by atoms with Gasteiger partial charge in [0.1, 0.15) is 0 Å². The minimum atomic E-state index is 0.260. The van der Waals surface area contributed by atoms with Crippen molar-refractivity contribution in [3.8, 4) is 0 Å². The van der Waals surface area contributed by atoms with Crippen molar-refractivity contribution >= 4 is 5.84 Å². The van der Waals surface area contributed by atoms with Gasteiger partial charge in [0, 0.05) is 38.6 Å². The van der Waals surface area contributed by atoms with Crippen molar-refractivity contribution in [1.82, 2.24) is 9.47 Å². The van der Waals surface area contributed by atoms with Crippen molar-refractivity contribution in [2.75, 3.05) is 13.1 Å². The summed E-state index contributed by atoms with van der Waals surface area (Å²) in [5.41, 5.74) is 7.03. The number of aliphatic imine (C=N–C) groups is 1. The highest BCUT2D eigenvalue weighted by molar-refractivity contribution is 5.98. The van der Waals surface area contributed by atoms with Gasteiger partial charge in [-0.05, 0) is 18.6 Å². The van der Waals surface area contributed by atoms with E-state index in [2.05, 4.69) is 27.1 Å². The predicted octanol–water partition coefficient (Wildman–Crippen LogP) is 0.948. The van der Waals surface area contributed by atoms with Crippen LogP contribution >= 0.6 is 0 Å². The zero-order valence-corrected chi connectivity index (χ0v) is 9.63. The van der Waals surface area contributed by atoms with Crippen LogP contribution in [0.1, 0.15) is 12.1 Å². The van der Waals surface area contributed by atoms with Gasteiger partial charge in [-0.15, -0.1) is 0 Å². The first kappa shape index (κ1) is 11.0. The van der Waals surface area contributed by atoms with Crippen LogP contribution in [-0.4, -0.2) is 34.4 Å². The monoisotopic (exact) mass is 218 g/mol. The first-order valence-electron chi connectivity index (χ1n) is 5.53. The van der Waals surface area contributed by atoms with Crippen molar-refractivity contribution in [3.63, 3.8) is 0 Å². The van der Waals surface area contributed by atoms with Gasteiger partial charge in [0.25, 0.3) is 0 Å². The topological polar surface area (TPSA) is 46.5 Å². The summed E-state index contributed by atoms with van der Waals surface area (Å²) in [7, 11) is 2.02. The molecule has 1 aliphatic rings. The quantitative estimate of drug-likeness (QED) is 0.593. The Bertz CT molecular complexity index is 405. The summed E-state index contributed by atoms with van der Waals surface area (Å²) in [5.74, 6) is 0.968. The molecule has 4 nitrogen and oxygen atoms in total. The highest BCUT2D eigenvalue weighted by Gasteiger charge is 2.23. The van der Waals surface area contributed by atoms with Gasteiger partial charge in [0.2, 0.25) is 0 Å². The zero-order chi connectivity index (χ0) is 11.5. The SMILES string of the molecule is C=CN=C(c1cccn1C)N1CCC(N)C1. The van der Waals surface area contributed by atoms with Gasteiger partial charge in [-0.25, -0.2) is 4.99 Å². The molecule has 0 amide bonds. The van der Waals surface area contributed by atoms with Crippen LogP contribution in [0.4, 0.5) is 0 Å². The molecule has 1 atom stereocenters. The molecule has 2 rings (SSSR count). The number of aromatic nitrogens is 1. The third kappa shape index (κ3) is 2.02. The van der Waals surface area contributed by atoms with E-state index in [1.807, 2.05) is 19.3 Å². The lowest BCUT2D eigenvalue weighted by Crippen LogP contribution is -2.33. The second-order valence-corrected chi connectivity index (χ2v) is 4.13. The lowest BCUT2D eigenvalue weighted by molar-refractivity contribution is 0.507. The number of rotatable bonds is 2. The average Bonchev–Trinajstić information content (AvgIpc) is 2.84. The van der Waals surface area contributed by atoms with E-state index >= 15 is 0 Å². The van der Waals surface area contributed by atoms with E-state index in [-0.39, 0.29) is 6.04 Å². The van der Waals surface area contributed by atoms with Gasteiger partial charge < -0.3 is 15.2 Å². The zero-order valence-electron chi connectivity index (χ0n) is 9.63. The van der Waals surface area contributed by atoms with Crippen molar-refractivity contribution < 1.29 is 0 Å². The molecule has 1 aliphatic heterocycles. The van der Waals surface area contributed by atoms with E-state index in [4.69, 9.17) is 5.73 Å². The maximum Gasteiger partial charge on any atom is 0.152 e. The Labute approximate surface area is 96.1 Å². The highest BCUT2D eigenvalue weighted by atomic mass is 15.2. The maximum atomic E-state index is 5.92. The molecule has 16 heavy (non-hydrogen) atoms. The first-order valence-corrected chi connectivity index (χ1v) is 5.53. The van der Waals surface area contributed by atoms with Crippen molar-refractivity contribution in [1.29, 1.82) is 0 Å². The van der Waals surface area contributed by atoms with Crippen LogP contribution in [0.15, 0.2) is 36.1 Å². The Morgan fingerprint density at radius 1 is 1.69 bits per heavy atom. The molecule has 0 radical (unpaired) electrons. The number of amidine groups is 1. The molecule has 2 N–H and O–H groups in total. The Kier molecular flexibility index (Phi) is 3.10. The Morgan fingerprint density at radius 3 is 3.00 bits per heavy atom. The number of likely N-dealkylation sites (tertiary alicyclic amines) is 1. The van der Waals surface area contributed by atoms with Crippen LogP contribution in [0.5, 0.6) is 0 Å². The molecule has 0 aromatic carbocycles. The number of hydrogen-bond acceptors (Lipinski definition) is 2. The molecule has 0 saturated carbocycles. The third-order valence-electron chi connectivity index (χ3n) is 2.91. The van der Waals surface area contributed by atoms with Crippen LogP contribution in [0.25, 0.3) is 0 Å². The number of nitrogens with zero attached hydrogens (tertiary/aromatic N) is 3. The third-order valence-corrected chi connectivity index (χ3v) is 2.91. The van der Waals surface area contributed by atoms with E-state index in [1.54, 1.807) is 6.20 Å². The number of nitrogens with two attached hydrogens (primary N) is 1. The Morgan fingerprint density at radius 2 is 2.50 bits per heavy atom. The predicted molar refractivity (Wildman–Crippen MR) is 66.3 cm³/mol. The molecular weight excluding hydrogens is 200 g/mol. The summed E-state index contributed by atoms with van der Waals surface area (Å²) in [6.45, 7) is 5.52. The van der Waals surface area contributed by atoms with Gasteiger partial charge in [-0.3, -0.25) is 0 Å². The molecule has 1 unspecified atom stereocenters. The van der Waals surface area contributed by atoms with Gasteiger partial charge in [-0.1, -0.05) is 6.58 Å². The molecule has 1 aromatic rings. The molecule has 0 bridgehead atoms. The van der Waals surface area contributed by atoms with Crippen LogP contribution in [0, 0.1) is 0 Å². The minimum absolute atomic E-state index is 0.260. The fourth-order valence-corrected chi connectivity index (χ4v) is 2.07. The lowest BCUT2D eigenvalue weighted by Gasteiger charge is -2.20. The Hall–Kier alpha value is -1.55. The molecule has 2 heterocycles. The van der Waals surface area contributed by atoms with Crippen LogP contribution < -0.4 is 5.73 Å². The molecule has 4 heteroatoms. The summed E-state index contributed by atoms with van der Waals surface area (Å²) in [6, 6.07) is 4.34. The van der Waals surface area contributed by atoms with E-state index in [1.165, 1.54) is 0 Å². The standard InChI is InChI=1S/C12H18N4/c1-3-14-12(11-5-4-7-15(11)2)16-8-6-10(13)9-16/h3-5,7,10H,1,6,8-9,13H2,2H3. The largest absolute Gasteiger partial charge is 0.353 e.